The Morgan fingerprint density at radius 2 is 1.84 bits per heavy atom. The Balaban J connectivity index is 1.52. The average Bonchev–Trinajstić information content (AvgIpc) is 3.50. The lowest BCUT2D eigenvalue weighted by Gasteiger charge is -2.04. The van der Waals surface area contributed by atoms with Crippen LogP contribution in [0, 0.1) is 13.8 Å². The van der Waals surface area contributed by atoms with E-state index in [2.05, 4.69) is 62.2 Å². The van der Waals surface area contributed by atoms with Crippen LogP contribution in [0.25, 0.3) is 55.3 Å². The molecule has 0 unspecified atom stereocenters. The number of thiophene rings is 1. The first-order valence-electron chi connectivity index (χ1n) is 9.84. The van der Waals surface area contributed by atoms with Gasteiger partial charge in [-0.05, 0) is 49.7 Å². The van der Waals surface area contributed by atoms with Gasteiger partial charge in [0.25, 0.3) is 0 Å². The van der Waals surface area contributed by atoms with Gasteiger partial charge in [0.1, 0.15) is 11.2 Å². The summed E-state index contributed by atoms with van der Waals surface area (Å²) in [7, 11) is 0. The molecule has 0 amide bonds. The summed E-state index contributed by atoms with van der Waals surface area (Å²) in [5.74, 6) is 0.663. The van der Waals surface area contributed by atoms with Gasteiger partial charge in [-0.1, -0.05) is 0 Å². The molecule has 0 aromatic carbocycles. The van der Waals surface area contributed by atoms with Gasteiger partial charge >= 0.3 is 0 Å². The molecule has 0 bridgehead atoms. The summed E-state index contributed by atoms with van der Waals surface area (Å²) in [4.78, 5) is 24.0. The Hall–Kier alpha value is -3.91. The van der Waals surface area contributed by atoms with Crippen molar-refractivity contribution in [3.8, 4) is 33.1 Å². The molecule has 0 saturated heterocycles. The van der Waals surface area contributed by atoms with E-state index in [1.165, 1.54) is 9.75 Å². The average molecular weight is 424 g/mol. The maximum Gasteiger partial charge on any atom is 0.161 e. The summed E-state index contributed by atoms with van der Waals surface area (Å²) in [6, 6.07) is 10.3. The number of nitrogens with zero attached hydrogens (tertiary/aromatic N) is 5. The van der Waals surface area contributed by atoms with Crippen LogP contribution in [0.1, 0.15) is 10.4 Å². The third-order valence-corrected chi connectivity index (χ3v) is 6.42. The van der Waals surface area contributed by atoms with Gasteiger partial charge in [0, 0.05) is 51.2 Å². The van der Waals surface area contributed by atoms with Gasteiger partial charge < -0.3 is 4.98 Å². The highest BCUT2D eigenvalue weighted by Crippen LogP contribution is 2.34. The smallest absolute Gasteiger partial charge is 0.161 e. The number of aryl methyl sites for hydroxylation is 2. The molecule has 150 valence electrons. The van der Waals surface area contributed by atoms with Crippen molar-refractivity contribution in [1.82, 2.24) is 35.1 Å². The predicted octanol–water partition coefficient (Wildman–Crippen LogP) is 5.30. The molecular formula is C23H17N7S. The first-order valence-corrected chi connectivity index (χ1v) is 10.7. The second-order valence-corrected chi connectivity index (χ2v) is 8.72. The Kier molecular flexibility index (Phi) is 3.94. The Morgan fingerprint density at radius 3 is 2.68 bits per heavy atom. The van der Waals surface area contributed by atoms with Gasteiger partial charge in [0.2, 0.25) is 0 Å². The van der Waals surface area contributed by atoms with E-state index in [4.69, 9.17) is 4.98 Å². The number of pyridine rings is 3. The molecule has 31 heavy (non-hydrogen) atoms. The number of rotatable bonds is 3. The highest BCUT2D eigenvalue weighted by molar-refractivity contribution is 7.15. The molecule has 0 spiro atoms. The zero-order valence-corrected chi connectivity index (χ0v) is 17.7. The largest absolute Gasteiger partial charge is 0.321 e. The van der Waals surface area contributed by atoms with Crippen LogP contribution in [0.2, 0.25) is 0 Å². The van der Waals surface area contributed by atoms with E-state index in [0.29, 0.717) is 11.5 Å². The fraction of sp³-hybridized carbons (Fsp3) is 0.0870. The predicted molar refractivity (Wildman–Crippen MR) is 123 cm³/mol. The highest BCUT2D eigenvalue weighted by Gasteiger charge is 2.17. The quantitative estimate of drug-likeness (QED) is 0.402. The lowest BCUT2D eigenvalue weighted by atomic mass is 10.0. The molecule has 0 atom stereocenters. The summed E-state index contributed by atoms with van der Waals surface area (Å²) in [6.45, 7) is 4.17. The number of hydrogen-bond donors (Lipinski definition) is 2. The third-order valence-electron chi connectivity index (χ3n) is 5.38. The molecular weight excluding hydrogens is 406 g/mol. The summed E-state index contributed by atoms with van der Waals surface area (Å²) in [5, 5.41) is 8.42. The second kappa shape index (κ2) is 6.82. The van der Waals surface area contributed by atoms with Crippen LogP contribution < -0.4 is 0 Å². The van der Waals surface area contributed by atoms with Crippen LogP contribution >= 0.6 is 11.3 Å². The Labute approximate surface area is 181 Å². The summed E-state index contributed by atoms with van der Waals surface area (Å²) in [5.41, 5.74) is 7.25. The molecule has 8 heteroatoms. The van der Waals surface area contributed by atoms with Gasteiger partial charge in [0.15, 0.2) is 17.1 Å². The second-order valence-electron chi connectivity index (χ2n) is 7.43. The monoisotopic (exact) mass is 423 g/mol. The van der Waals surface area contributed by atoms with Crippen molar-refractivity contribution in [2.24, 2.45) is 0 Å². The van der Waals surface area contributed by atoms with Crippen molar-refractivity contribution in [2.45, 2.75) is 13.8 Å². The van der Waals surface area contributed by atoms with Crippen LogP contribution in [-0.2, 0) is 0 Å². The number of H-pyrrole nitrogens is 2. The maximum atomic E-state index is 4.88. The number of aromatic amines is 2. The van der Waals surface area contributed by atoms with Gasteiger partial charge in [-0.2, -0.15) is 5.10 Å². The number of imidazole rings is 1. The molecule has 7 nitrogen and oxygen atoms in total. The molecule has 0 aliphatic carbocycles. The molecule has 0 saturated carbocycles. The molecule has 6 aromatic heterocycles. The van der Waals surface area contributed by atoms with E-state index in [9.17, 15) is 0 Å². The third kappa shape index (κ3) is 2.91. The van der Waals surface area contributed by atoms with Gasteiger partial charge in [0.05, 0.1) is 5.39 Å². The lowest BCUT2D eigenvalue weighted by Crippen LogP contribution is -1.87. The fourth-order valence-electron chi connectivity index (χ4n) is 3.80. The maximum absolute atomic E-state index is 4.88. The van der Waals surface area contributed by atoms with Crippen LogP contribution in [0.4, 0.5) is 0 Å². The SMILES string of the molecule is Cc1ccc(-c2ccnc3[nH]c(-c4n[nH]c5ncc(-c6cnccc6C)cc45)nc23)s1. The minimum absolute atomic E-state index is 0.663. The minimum Gasteiger partial charge on any atom is -0.321 e. The van der Waals surface area contributed by atoms with Crippen LogP contribution in [0.3, 0.4) is 0 Å². The van der Waals surface area contributed by atoms with E-state index in [1.54, 1.807) is 17.5 Å². The minimum atomic E-state index is 0.663. The number of aromatic nitrogens is 7. The Bertz CT molecular complexity index is 1570. The molecule has 6 heterocycles. The van der Waals surface area contributed by atoms with Crippen molar-refractivity contribution < 1.29 is 0 Å². The molecule has 0 aliphatic rings. The summed E-state index contributed by atoms with van der Waals surface area (Å²) in [6.07, 6.45) is 7.30. The standard InChI is InChI=1S/C23H17N7S/c1-12-5-7-24-11-17(12)14-9-16-20(29-30-21(16)26-10-14)23-27-19-15(6-8-25-22(19)28-23)18-4-3-13(2)31-18/h3-11H,1-2H3,(H,25,27,28)(H,26,29,30). The van der Waals surface area contributed by atoms with Crippen molar-refractivity contribution in [3.63, 3.8) is 0 Å². The molecule has 6 aromatic rings. The van der Waals surface area contributed by atoms with Crippen molar-refractivity contribution in [3.05, 3.63) is 65.6 Å². The zero-order valence-electron chi connectivity index (χ0n) is 16.8. The van der Waals surface area contributed by atoms with Crippen molar-refractivity contribution in [1.29, 1.82) is 0 Å². The number of fused-ring (bicyclic) bond motifs is 2. The van der Waals surface area contributed by atoms with Gasteiger partial charge in [-0.15, -0.1) is 11.3 Å². The van der Waals surface area contributed by atoms with E-state index in [-0.39, 0.29) is 0 Å². The zero-order chi connectivity index (χ0) is 20.9. The first kappa shape index (κ1) is 17.9. The lowest BCUT2D eigenvalue weighted by molar-refractivity contribution is 1.09. The molecule has 0 aliphatic heterocycles. The number of hydrogen-bond acceptors (Lipinski definition) is 6. The fourth-order valence-corrected chi connectivity index (χ4v) is 4.69. The molecule has 6 rings (SSSR count). The Morgan fingerprint density at radius 1 is 0.903 bits per heavy atom. The van der Waals surface area contributed by atoms with E-state index in [0.717, 1.165) is 44.5 Å². The van der Waals surface area contributed by atoms with E-state index >= 15 is 0 Å². The van der Waals surface area contributed by atoms with E-state index in [1.807, 2.05) is 30.7 Å². The summed E-state index contributed by atoms with van der Waals surface area (Å²) >= 11 is 1.75. The topological polar surface area (TPSA) is 96.0 Å². The highest BCUT2D eigenvalue weighted by atomic mass is 32.1. The summed E-state index contributed by atoms with van der Waals surface area (Å²) < 4.78 is 0. The van der Waals surface area contributed by atoms with Crippen LogP contribution in [0.15, 0.2) is 55.1 Å². The van der Waals surface area contributed by atoms with Crippen molar-refractivity contribution in [2.75, 3.05) is 0 Å². The van der Waals surface area contributed by atoms with Crippen LogP contribution in [-0.4, -0.2) is 35.1 Å². The van der Waals surface area contributed by atoms with E-state index < -0.39 is 0 Å². The molecule has 0 radical (unpaired) electrons. The number of nitrogens with one attached hydrogen (secondary N) is 2. The molecule has 0 fully saturated rings. The first-order chi connectivity index (χ1) is 15.2. The van der Waals surface area contributed by atoms with Crippen molar-refractivity contribution >= 4 is 33.5 Å². The normalized spacial score (nSPS) is 11.5. The molecule has 2 N–H and O–H groups in total. The van der Waals surface area contributed by atoms with Crippen LogP contribution in [0.5, 0.6) is 0 Å². The van der Waals surface area contributed by atoms with Gasteiger partial charge in [-0.25, -0.2) is 15.0 Å². The van der Waals surface area contributed by atoms with Gasteiger partial charge in [-0.3, -0.25) is 10.1 Å².